The van der Waals surface area contributed by atoms with Gasteiger partial charge >= 0.3 is 17.9 Å². The van der Waals surface area contributed by atoms with Crippen LogP contribution in [0.4, 0.5) is 0 Å². The Labute approximate surface area is 331 Å². The van der Waals surface area contributed by atoms with E-state index in [0.29, 0.717) is 24.7 Å². The molecule has 1 unspecified atom stereocenters. The molecule has 54 heavy (non-hydrogen) atoms. The zero-order chi connectivity index (χ0) is 38.7. The first-order chi connectivity index (χ1) is 26.3. The molecule has 310 valence electrons. The lowest BCUT2D eigenvalue weighted by atomic mass is 9.48. The molecule has 4 bridgehead atoms. The summed E-state index contributed by atoms with van der Waals surface area (Å²) in [6.45, 7) is 9.85. The molecule has 0 spiro atoms. The van der Waals surface area contributed by atoms with Crippen LogP contribution in [0.3, 0.4) is 0 Å². The van der Waals surface area contributed by atoms with Crippen molar-refractivity contribution in [3.63, 3.8) is 0 Å². The largest absolute Gasteiger partial charge is 0.465 e. The van der Waals surface area contributed by atoms with Crippen LogP contribution in [-0.2, 0) is 28.6 Å². The van der Waals surface area contributed by atoms with Gasteiger partial charge in [-0.3, -0.25) is 14.4 Å². The summed E-state index contributed by atoms with van der Waals surface area (Å²) >= 11 is 0. The summed E-state index contributed by atoms with van der Waals surface area (Å²) in [5, 5.41) is 0. The molecule has 0 heterocycles. The Morgan fingerprint density at radius 3 is 1.54 bits per heavy atom. The van der Waals surface area contributed by atoms with Gasteiger partial charge in [-0.05, 0) is 152 Å². The average molecular weight is 756 g/mol. The molecule has 0 aromatic rings. The number of ether oxygens (including phenoxy) is 3. The molecule has 0 aliphatic heterocycles. The fraction of sp³-hybridized carbons (Fsp3) is 0.851. The Hall–Kier alpha value is -2.15. The average Bonchev–Trinajstić information content (AvgIpc) is 3.14. The lowest BCUT2D eigenvalue weighted by molar-refractivity contribution is -0.153. The van der Waals surface area contributed by atoms with Crippen LogP contribution < -0.4 is 0 Å². The zero-order valence-corrected chi connectivity index (χ0v) is 35.1. The summed E-state index contributed by atoms with van der Waals surface area (Å²) in [5.41, 5.74) is 0.465. The zero-order valence-electron chi connectivity index (χ0n) is 35.1. The van der Waals surface area contributed by atoms with Gasteiger partial charge in [-0.25, -0.2) is 0 Å². The number of hydrogen-bond donors (Lipinski definition) is 0. The van der Waals surface area contributed by atoms with E-state index in [-0.39, 0.29) is 43.6 Å². The first-order valence-electron chi connectivity index (χ1n) is 22.8. The van der Waals surface area contributed by atoms with Crippen molar-refractivity contribution in [2.24, 2.45) is 29.1 Å². The minimum absolute atomic E-state index is 0.0885. The molecule has 1 atom stereocenters. The maximum absolute atomic E-state index is 12.8. The van der Waals surface area contributed by atoms with Gasteiger partial charge in [0.1, 0.15) is 19.8 Å². The van der Waals surface area contributed by atoms with Gasteiger partial charge in [-0.2, -0.15) is 0 Å². The van der Waals surface area contributed by atoms with E-state index < -0.39 is 0 Å². The predicted molar refractivity (Wildman–Crippen MR) is 221 cm³/mol. The number of rotatable bonds is 33. The van der Waals surface area contributed by atoms with Gasteiger partial charge in [0.2, 0.25) is 0 Å². The van der Waals surface area contributed by atoms with Crippen LogP contribution in [-0.4, -0.2) is 62.3 Å². The highest BCUT2D eigenvalue weighted by Gasteiger charge is 2.50. The number of unbranched alkanes of at least 4 members (excludes halogenated alkanes) is 9. The first-order valence-corrected chi connectivity index (χ1v) is 22.8. The molecule has 0 amide bonds. The molecule has 4 fully saturated rings. The second kappa shape index (κ2) is 28.3. The maximum Gasteiger partial charge on any atom is 0.305 e. The predicted octanol–water partition coefficient (Wildman–Crippen LogP) is 11.7. The van der Waals surface area contributed by atoms with Crippen LogP contribution in [0.25, 0.3) is 0 Å². The molecule has 0 aromatic carbocycles. The van der Waals surface area contributed by atoms with Gasteiger partial charge in [0, 0.05) is 19.3 Å². The summed E-state index contributed by atoms with van der Waals surface area (Å²) in [7, 11) is 0. The third-order valence-corrected chi connectivity index (χ3v) is 12.2. The fourth-order valence-corrected chi connectivity index (χ4v) is 9.87. The van der Waals surface area contributed by atoms with Gasteiger partial charge in [0.15, 0.2) is 0 Å². The summed E-state index contributed by atoms with van der Waals surface area (Å²) in [6, 6.07) is 0. The van der Waals surface area contributed by atoms with Crippen LogP contribution in [0.5, 0.6) is 0 Å². The van der Waals surface area contributed by atoms with E-state index in [0.717, 1.165) is 102 Å². The first kappa shape index (κ1) is 46.2. The Bertz CT molecular complexity index is 1040. The van der Waals surface area contributed by atoms with Crippen LogP contribution in [0, 0.1) is 29.1 Å². The highest BCUT2D eigenvalue weighted by Crippen LogP contribution is 2.61. The minimum Gasteiger partial charge on any atom is -0.465 e. The van der Waals surface area contributed by atoms with Gasteiger partial charge < -0.3 is 19.1 Å². The van der Waals surface area contributed by atoms with Gasteiger partial charge in [0.05, 0.1) is 5.92 Å². The summed E-state index contributed by atoms with van der Waals surface area (Å²) in [5.74, 6) is 1.71. The van der Waals surface area contributed by atoms with Crippen LogP contribution in [0.1, 0.15) is 188 Å². The number of carbonyl (C=O) groups is 3. The van der Waals surface area contributed by atoms with Crippen molar-refractivity contribution < 1.29 is 28.6 Å². The summed E-state index contributed by atoms with van der Waals surface area (Å²) < 4.78 is 17.0. The van der Waals surface area contributed by atoms with Gasteiger partial charge in [-0.1, -0.05) is 83.6 Å². The van der Waals surface area contributed by atoms with E-state index >= 15 is 0 Å². The molecule has 7 heteroatoms. The van der Waals surface area contributed by atoms with Crippen molar-refractivity contribution in [3.8, 4) is 0 Å². The van der Waals surface area contributed by atoms with E-state index in [1.165, 1.54) is 83.5 Å². The minimum atomic E-state index is -0.363. The van der Waals surface area contributed by atoms with Crippen LogP contribution in [0.2, 0.25) is 0 Å². The van der Waals surface area contributed by atoms with E-state index in [1.54, 1.807) is 0 Å². The third kappa shape index (κ3) is 20.1. The molecule has 4 saturated carbocycles. The molecule has 0 saturated heterocycles. The number of esters is 3. The number of hydrogen-bond acceptors (Lipinski definition) is 7. The van der Waals surface area contributed by atoms with Crippen LogP contribution in [0.15, 0.2) is 24.3 Å². The third-order valence-electron chi connectivity index (χ3n) is 12.2. The molecule has 0 N–H and O–H groups in total. The number of nitrogens with zero attached hydrogens (tertiary/aromatic N) is 1. The molecule has 4 aliphatic rings. The van der Waals surface area contributed by atoms with E-state index in [1.807, 2.05) is 0 Å². The second-order valence-electron chi connectivity index (χ2n) is 17.5. The monoisotopic (exact) mass is 756 g/mol. The molecule has 0 aromatic heterocycles. The maximum atomic E-state index is 12.8. The smallest absolute Gasteiger partial charge is 0.305 e. The van der Waals surface area contributed by atoms with Crippen LogP contribution >= 0.6 is 0 Å². The molecule has 0 radical (unpaired) electrons. The lowest BCUT2D eigenvalue weighted by Crippen LogP contribution is -2.45. The topological polar surface area (TPSA) is 82.1 Å². The SMILES string of the molecule is CCCCC/C=C\C/C=C\CCCCCCCCC(=O)OCC(COC(=O)CCCN(CCC)CCC)COC(=O)CCCC12CC3CC(CC(C3)C1)C2. The van der Waals surface area contributed by atoms with Crippen molar-refractivity contribution in [1.82, 2.24) is 4.90 Å². The normalized spacial score (nSPS) is 22.4. The highest BCUT2D eigenvalue weighted by atomic mass is 16.6. The molecule has 7 nitrogen and oxygen atoms in total. The Balaban J connectivity index is 1.30. The summed E-state index contributed by atoms with van der Waals surface area (Å²) in [4.78, 5) is 40.5. The Morgan fingerprint density at radius 2 is 1.02 bits per heavy atom. The lowest BCUT2D eigenvalue weighted by Gasteiger charge is -2.57. The van der Waals surface area contributed by atoms with Crippen molar-refractivity contribution in [2.45, 2.75) is 188 Å². The van der Waals surface area contributed by atoms with Crippen molar-refractivity contribution in [2.75, 3.05) is 39.5 Å². The molecule has 4 rings (SSSR count). The van der Waals surface area contributed by atoms with E-state index in [9.17, 15) is 14.4 Å². The van der Waals surface area contributed by atoms with Crippen molar-refractivity contribution in [1.29, 1.82) is 0 Å². The van der Waals surface area contributed by atoms with Gasteiger partial charge in [-0.15, -0.1) is 0 Å². The number of allylic oxidation sites excluding steroid dienone is 4. The Morgan fingerprint density at radius 1 is 0.556 bits per heavy atom. The van der Waals surface area contributed by atoms with Gasteiger partial charge in [0.25, 0.3) is 0 Å². The quantitative estimate of drug-likeness (QED) is 0.0285. The highest BCUT2D eigenvalue weighted by molar-refractivity contribution is 5.70. The summed E-state index contributed by atoms with van der Waals surface area (Å²) in [6.07, 6.45) is 37.6. The fourth-order valence-electron chi connectivity index (χ4n) is 9.87. The number of carbonyl (C=O) groups excluding carboxylic acids is 3. The van der Waals surface area contributed by atoms with E-state index in [4.69, 9.17) is 14.2 Å². The molecular weight excluding hydrogens is 675 g/mol. The van der Waals surface area contributed by atoms with E-state index in [2.05, 4.69) is 50.0 Å². The molecular formula is C47H81NO6. The standard InChI is InChI=1S/C47H81NO6/c1-4-7-8-9-10-11-12-13-14-15-16-17-18-19-20-21-24-44(49)52-37-43(39-54-46(51)26-23-30-48(28-5-2)29-6-3)38-53-45(50)25-22-27-47-34-40-31-41(35-47)33-42(32-40)36-47/h10-11,13-14,40-43H,4-9,12,15-39H2,1-3H3/b11-10-,14-13-. The second-order valence-corrected chi connectivity index (χ2v) is 17.5. The van der Waals surface area contributed by atoms with Crippen molar-refractivity contribution in [3.05, 3.63) is 24.3 Å². The van der Waals surface area contributed by atoms with Crippen molar-refractivity contribution >= 4 is 17.9 Å². The Kier molecular flexibility index (Phi) is 24.2. The molecule has 4 aliphatic carbocycles.